The van der Waals surface area contributed by atoms with E-state index in [9.17, 15) is 18.0 Å². The first-order valence-electron chi connectivity index (χ1n) is 7.52. The van der Waals surface area contributed by atoms with Crippen molar-refractivity contribution in [3.8, 4) is 0 Å². The van der Waals surface area contributed by atoms with Crippen molar-refractivity contribution in [2.24, 2.45) is 0 Å². The Labute approximate surface area is 142 Å². The highest BCUT2D eigenvalue weighted by Gasteiger charge is 2.31. The molecule has 0 atom stereocenters. The molecule has 1 aromatic heterocycles. The lowest BCUT2D eigenvalue weighted by molar-refractivity contribution is -0.129. The van der Waals surface area contributed by atoms with Crippen molar-refractivity contribution in [1.29, 1.82) is 0 Å². The van der Waals surface area contributed by atoms with E-state index in [-0.39, 0.29) is 5.82 Å². The lowest BCUT2D eigenvalue weighted by Gasteiger charge is -2.14. The second-order valence-electron chi connectivity index (χ2n) is 5.83. The van der Waals surface area contributed by atoms with Crippen LogP contribution in [0.5, 0.6) is 0 Å². The third-order valence-electron chi connectivity index (χ3n) is 3.52. The molecule has 0 fully saturated rings. The summed E-state index contributed by atoms with van der Waals surface area (Å²) < 4.78 is 40.1. The molecule has 1 heterocycles. The number of benzene rings is 1. The van der Waals surface area contributed by atoms with Gasteiger partial charge in [-0.3, -0.25) is 10.0 Å². The number of fused-ring (bicyclic) bond motifs is 1. The van der Waals surface area contributed by atoms with Crippen LogP contribution in [0.25, 0.3) is 17.1 Å². The van der Waals surface area contributed by atoms with Gasteiger partial charge in [0.15, 0.2) is 0 Å². The van der Waals surface area contributed by atoms with E-state index < -0.39 is 18.5 Å². The van der Waals surface area contributed by atoms with Crippen LogP contribution in [-0.2, 0) is 17.8 Å². The molecule has 1 aromatic carbocycles. The normalized spacial score (nSPS) is 12.4. The largest absolute Gasteiger partial charge is 0.396 e. The van der Waals surface area contributed by atoms with Crippen molar-refractivity contribution >= 4 is 23.0 Å². The SMILES string of the molecule is CN(C)CCn1c(CC(F)(F)F)nc2cc(C=CC(=O)NO)ccc21. The van der Waals surface area contributed by atoms with Crippen molar-refractivity contribution in [2.75, 3.05) is 20.6 Å². The molecule has 1 amide bonds. The molecule has 0 radical (unpaired) electrons. The molecule has 6 nitrogen and oxygen atoms in total. The number of carbonyl (C=O) groups excluding carboxylic acids is 1. The average molecular weight is 356 g/mol. The summed E-state index contributed by atoms with van der Waals surface area (Å²) in [5.74, 6) is -0.743. The minimum atomic E-state index is -4.35. The van der Waals surface area contributed by atoms with E-state index in [1.807, 2.05) is 19.0 Å². The Morgan fingerprint density at radius 2 is 2.12 bits per heavy atom. The van der Waals surface area contributed by atoms with Crippen LogP contribution in [0.4, 0.5) is 13.2 Å². The fourth-order valence-electron chi connectivity index (χ4n) is 2.37. The highest BCUT2D eigenvalue weighted by atomic mass is 19.4. The Hall–Kier alpha value is -2.39. The van der Waals surface area contributed by atoms with Crippen molar-refractivity contribution in [1.82, 2.24) is 19.9 Å². The molecule has 0 saturated heterocycles. The van der Waals surface area contributed by atoms with Crippen molar-refractivity contribution in [2.45, 2.75) is 19.1 Å². The van der Waals surface area contributed by atoms with Crippen LogP contribution in [-0.4, -0.2) is 52.4 Å². The van der Waals surface area contributed by atoms with Crippen LogP contribution in [0.15, 0.2) is 24.3 Å². The van der Waals surface area contributed by atoms with Gasteiger partial charge in [0.25, 0.3) is 5.91 Å². The zero-order chi connectivity index (χ0) is 18.6. The van der Waals surface area contributed by atoms with Gasteiger partial charge in [-0.05, 0) is 37.9 Å². The molecule has 0 aliphatic heterocycles. The number of hydrogen-bond donors (Lipinski definition) is 2. The van der Waals surface area contributed by atoms with Gasteiger partial charge in [-0.2, -0.15) is 13.2 Å². The number of amides is 1. The van der Waals surface area contributed by atoms with Gasteiger partial charge in [-0.1, -0.05) is 6.07 Å². The van der Waals surface area contributed by atoms with Crippen molar-refractivity contribution < 1.29 is 23.2 Å². The summed E-state index contributed by atoms with van der Waals surface area (Å²) in [7, 11) is 3.69. The lowest BCUT2D eigenvalue weighted by atomic mass is 10.2. The van der Waals surface area contributed by atoms with Gasteiger partial charge in [0.2, 0.25) is 0 Å². The number of aromatic nitrogens is 2. The molecule has 0 spiro atoms. The summed E-state index contributed by atoms with van der Waals surface area (Å²) in [6.07, 6.45) is -2.90. The molecule has 25 heavy (non-hydrogen) atoms. The highest BCUT2D eigenvalue weighted by Crippen LogP contribution is 2.25. The van der Waals surface area contributed by atoms with Crippen LogP contribution in [0.2, 0.25) is 0 Å². The zero-order valence-electron chi connectivity index (χ0n) is 13.8. The summed E-state index contributed by atoms with van der Waals surface area (Å²) in [6, 6.07) is 4.95. The molecular weight excluding hydrogens is 337 g/mol. The quantitative estimate of drug-likeness (QED) is 0.473. The maximum atomic E-state index is 12.8. The Balaban J connectivity index is 2.41. The van der Waals surface area contributed by atoms with Crippen LogP contribution in [0.1, 0.15) is 11.4 Å². The van der Waals surface area contributed by atoms with E-state index >= 15 is 0 Å². The maximum absolute atomic E-state index is 12.8. The minimum Gasteiger partial charge on any atom is -0.326 e. The predicted molar refractivity (Wildman–Crippen MR) is 87.0 cm³/mol. The zero-order valence-corrected chi connectivity index (χ0v) is 13.8. The molecule has 0 saturated carbocycles. The standard InChI is InChI=1S/C16H19F3N4O2/c1-22(2)7-8-23-13-5-3-11(4-6-15(24)21-25)9-12(13)20-14(23)10-16(17,18)19/h3-6,9,25H,7-8,10H2,1-2H3,(H,21,24). The fourth-order valence-corrected chi connectivity index (χ4v) is 2.37. The number of rotatable bonds is 6. The summed E-state index contributed by atoms with van der Waals surface area (Å²) >= 11 is 0. The number of nitrogens with zero attached hydrogens (tertiary/aromatic N) is 3. The number of likely N-dealkylation sites (N-methyl/N-ethyl adjacent to an activating group) is 1. The van der Waals surface area contributed by atoms with E-state index in [1.54, 1.807) is 22.8 Å². The molecule has 0 aliphatic carbocycles. The first kappa shape index (κ1) is 18.9. The molecule has 2 aromatic rings. The van der Waals surface area contributed by atoms with E-state index in [0.29, 0.717) is 29.7 Å². The van der Waals surface area contributed by atoms with Gasteiger partial charge in [0.1, 0.15) is 12.2 Å². The molecule has 2 N–H and O–H groups in total. The van der Waals surface area contributed by atoms with Gasteiger partial charge < -0.3 is 9.47 Å². The van der Waals surface area contributed by atoms with E-state index in [0.717, 1.165) is 6.08 Å². The van der Waals surface area contributed by atoms with E-state index in [1.165, 1.54) is 11.6 Å². The molecule has 0 unspecified atom stereocenters. The van der Waals surface area contributed by atoms with Gasteiger partial charge in [0.05, 0.1) is 11.0 Å². The van der Waals surface area contributed by atoms with Crippen molar-refractivity contribution in [3.63, 3.8) is 0 Å². The van der Waals surface area contributed by atoms with Gasteiger partial charge >= 0.3 is 6.18 Å². The third kappa shape index (κ3) is 5.30. The number of hydrogen-bond acceptors (Lipinski definition) is 4. The number of imidazole rings is 1. The van der Waals surface area contributed by atoms with E-state index in [2.05, 4.69) is 4.98 Å². The first-order valence-corrected chi connectivity index (χ1v) is 7.52. The van der Waals surface area contributed by atoms with Crippen LogP contribution >= 0.6 is 0 Å². The summed E-state index contributed by atoms with van der Waals surface area (Å²) in [6.45, 7) is 0.964. The molecule has 2 rings (SSSR count). The Morgan fingerprint density at radius 1 is 1.40 bits per heavy atom. The van der Waals surface area contributed by atoms with E-state index in [4.69, 9.17) is 5.21 Å². The monoisotopic (exact) mass is 356 g/mol. The predicted octanol–water partition coefficient (Wildman–Crippen LogP) is 2.22. The van der Waals surface area contributed by atoms with Crippen molar-refractivity contribution in [3.05, 3.63) is 35.7 Å². The minimum absolute atomic E-state index is 0.0430. The Morgan fingerprint density at radius 3 is 2.72 bits per heavy atom. The average Bonchev–Trinajstić information content (AvgIpc) is 2.84. The maximum Gasteiger partial charge on any atom is 0.396 e. The summed E-state index contributed by atoms with van der Waals surface area (Å²) in [5, 5.41) is 8.46. The van der Waals surface area contributed by atoms with Gasteiger partial charge in [-0.15, -0.1) is 0 Å². The molecule has 0 bridgehead atoms. The smallest absolute Gasteiger partial charge is 0.326 e. The number of carbonyl (C=O) groups is 1. The second-order valence-corrected chi connectivity index (χ2v) is 5.83. The number of hydroxylamine groups is 1. The summed E-state index contributed by atoms with van der Waals surface area (Å²) in [4.78, 5) is 17.0. The first-order chi connectivity index (χ1) is 11.7. The number of nitrogens with one attached hydrogen (secondary N) is 1. The molecule has 9 heteroatoms. The highest BCUT2D eigenvalue weighted by molar-refractivity contribution is 5.91. The topological polar surface area (TPSA) is 70.4 Å². The van der Waals surface area contributed by atoms with Gasteiger partial charge in [-0.25, -0.2) is 10.5 Å². The van der Waals surface area contributed by atoms with Crippen LogP contribution < -0.4 is 5.48 Å². The molecule has 0 aliphatic rings. The fraction of sp³-hybridized carbons (Fsp3) is 0.375. The number of halogens is 3. The third-order valence-corrected chi connectivity index (χ3v) is 3.52. The number of alkyl halides is 3. The molecular formula is C16H19F3N4O2. The second kappa shape index (κ2) is 7.66. The Kier molecular flexibility index (Phi) is 5.81. The van der Waals surface area contributed by atoms with Crippen LogP contribution in [0.3, 0.4) is 0 Å². The Bertz CT molecular complexity index is 782. The van der Waals surface area contributed by atoms with Crippen LogP contribution in [0, 0.1) is 0 Å². The lowest BCUT2D eigenvalue weighted by Crippen LogP contribution is -2.22. The van der Waals surface area contributed by atoms with Gasteiger partial charge in [0, 0.05) is 19.2 Å². The summed E-state index contributed by atoms with van der Waals surface area (Å²) in [5.41, 5.74) is 3.08. The molecule has 136 valence electrons.